The Morgan fingerprint density at radius 2 is 1.86 bits per heavy atom. The second kappa shape index (κ2) is 7.61. The summed E-state index contributed by atoms with van der Waals surface area (Å²) in [6.07, 6.45) is 0.965. The molecule has 1 saturated heterocycles. The van der Waals surface area contributed by atoms with Crippen LogP contribution in [0.2, 0.25) is 0 Å². The summed E-state index contributed by atoms with van der Waals surface area (Å²) in [6, 6.07) is 12.9. The van der Waals surface area contributed by atoms with E-state index in [2.05, 4.69) is 15.3 Å². The molecule has 2 aromatic carbocycles. The Balaban J connectivity index is 1.41. The number of hydrogen-bond donors (Lipinski definition) is 2. The number of para-hydroxylation sites is 2. The average Bonchev–Trinajstić information content (AvgIpc) is 3.10. The minimum atomic E-state index is -3.55. The summed E-state index contributed by atoms with van der Waals surface area (Å²) in [5.41, 5.74) is 3.42. The summed E-state index contributed by atoms with van der Waals surface area (Å²) >= 11 is 0. The number of fused-ring (bicyclic) bond motifs is 1. The van der Waals surface area contributed by atoms with E-state index in [1.165, 1.54) is 4.31 Å². The molecule has 0 unspecified atom stereocenters. The lowest BCUT2D eigenvalue weighted by Crippen LogP contribution is -2.41. The summed E-state index contributed by atoms with van der Waals surface area (Å²) < 4.78 is 27.5. The third-order valence-corrected chi connectivity index (χ3v) is 7.46. The molecule has 0 radical (unpaired) electrons. The number of aromatic amines is 1. The quantitative estimate of drug-likeness (QED) is 0.688. The third kappa shape index (κ3) is 3.90. The van der Waals surface area contributed by atoms with Crippen molar-refractivity contribution < 1.29 is 13.2 Å². The largest absolute Gasteiger partial charge is 0.324 e. The maximum absolute atomic E-state index is 13.0. The van der Waals surface area contributed by atoms with Crippen LogP contribution in [0, 0.1) is 19.8 Å². The van der Waals surface area contributed by atoms with E-state index in [1.54, 1.807) is 6.07 Å². The van der Waals surface area contributed by atoms with Gasteiger partial charge in [0, 0.05) is 19.0 Å². The molecule has 1 aliphatic heterocycles. The zero-order valence-corrected chi connectivity index (χ0v) is 17.3. The molecular formula is C21H24N4O3S. The van der Waals surface area contributed by atoms with Crippen molar-refractivity contribution >= 4 is 32.9 Å². The monoisotopic (exact) mass is 412 g/mol. The fourth-order valence-electron chi connectivity index (χ4n) is 3.82. The van der Waals surface area contributed by atoms with Gasteiger partial charge < -0.3 is 4.98 Å². The molecule has 0 saturated carbocycles. The molecule has 0 aliphatic carbocycles. The minimum Gasteiger partial charge on any atom is -0.324 e. The predicted molar refractivity (Wildman–Crippen MR) is 112 cm³/mol. The first-order valence-corrected chi connectivity index (χ1v) is 11.1. The molecule has 152 valence electrons. The van der Waals surface area contributed by atoms with Gasteiger partial charge in [0.05, 0.1) is 15.9 Å². The number of carbonyl (C=O) groups is 1. The fourth-order valence-corrected chi connectivity index (χ4v) is 5.49. The first-order chi connectivity index (χ1) is 13.8. The Labute approximate surface area is 170 Å². The Morgan fingerprint density at radius 1 is 1.14 bits per heavy atom. The second-order valence-corrected chi connectivity index (χ2v) is 9.45. The normalized spacial score (nSPS) is 16.2. The van der Waals surface area contributed by atoms with Gasteiger partial charge >= 0.3 is 0 Å². The maximum atomic E-state index is 13.0. The van der Waals surface area contributed by atoms with E-state index in [-0.39, 0.29) is 11.8 Å². The number of carbonyl (C=O) groups excluding carboxylic acids is 1. The van der Waals surface area contributed by atoms with Crippen molar-refractivity contribution in [3.05, 3.63) is 53.6 Å². The van der Waals surface area contributed by atoms with Crippen LogP contribution in [-0.2, 0) is 14.8 Å². The van der Waals surface area contributed by atoms with Crippen LogP contribution in [-0.4, -0.2) is 41.7 Å². The number of amides is 1. The number of rotatable bonds is 4. The van der Waals surface area contributed by atoms with Gasteiger partial charge in [0.25, 0.3) is 0 Å². The van der Waals surface area contributed by atoms with Crippen molar-refractivity contribution in [2.24, 2.45) is 5.92 Å². The number of H-pyrrole nitrogens is 1. The minimum absolute atomic E-state index is 0.132. The molecule has 1 fully saturated rings. The van der Waals surface area contributed by atoms with Gasteiger partial charge in [0.15, 0.2) is 0 Å². The van der Waals surface area contributed by atoms with Crippen LogP contribution in [0.1, 0.15) is 24.0 Å². The fraction of sp³-hybridized carbons (Fsp3) is 0.333. The first kappa shape index (κ1) is 19.6. The van der Waals surface area contributed by atoms with Gasteiger partial charge in [-0.15, -0.1) is 0 Å². The highest BCUT2D eigenvalue weighted by Crippen LogP contribution is 2.27. The molecule has 29 heavy (non-hydrogen) atoms. The Bertz CT molecular complexity index is 1130. The van der Waals surface area contributed by atoms with E-state index in [4.69, 9.17) is 0 Å². The lowest BCUT2D eigenvalue weighted by molar-refractivity contribution is -0.120. The number of imidazole rings is 1. The SMILES string of the molecule is Cc1ccc(S(=O)(=O)N2CCC(C(=O)Nc3nc4ccccc4[nH]3)CC2)c(C)c1. The summed E-state index contributed by atoms with van der Waals surface area (Å²) in [6.45, 7) is 4.41. The van der Waals surface area contributed by atoms with E-state index in [0.29, 0.717) is 36.8 Å². The number of piperidine rings is 1. The molecule has 1 aromatic heterocycles. The Kier molecular flexibility index (Phi) is 5.14. The molecule has 1 aliphatic rings. The topological polar surface area (TPSA) is 95.2 Å². The molecule has 2 N–H and O–H groups in total. The highest BCUT2D eigenvalue weighted by molar-refractivity contribution is 7.89. The van der Waals surface area contributed by atoms with Gasteiger partial charge in [0.2, 0.25) is 21.9 Å². The van der Waals surface area contributed by atoms with Crippen LogP contribution in [0.4, 0.5) is 5.95 Å². The highest BCUT2D eigenvalue weighted by atomic mass is 32.2. The van der Waals surface area contributed by atoms with E-state index in [1.807, 2.05) is 50.2 Å². The predicted octanol–water partition coefficient (Wildman–Crippen LogP) is 3.22. The lowest BCUT2D eigenvalue weighted by Gasteiger charge is -2.30. The zero-order valence-electron chi connectivity index (χ0n) is 16.5. The average molecular weight is 413 g/mol. The molecule has 0 bridgehead atoms. The van der Waals surface area contributed by atoms with Crippen molar-refractivity contribution in [2.75, 3.05) is 18.4 Å². The van der Waals surface area contributed by atoms with Gasteiger partial charge in [-0.25, -0.2) is 13.4 Å². The van der Waals surface area contributed by atoms with Gasteiger partial charge in [0.1, 0.15) is 0 Å². The molecule has 1 amide bonds. The van der Waals surface area contributed by atoms with Crippen molar-refractivity contribution in [1.29, 1.82) is 0 Å². The van der Waals surface area contributed by atoms with Crippen LogP contribution in [0.25, 0.3) is 11.0 Å². The van der Waals surface area contributed by atoms with Crippen LogP contribution in [0.15, 0.2) is 47.4 Å². The smallest absolute Gasteiger partial charge is 0.243 e. The van der Waals surface area contributed by atoms with Gasteiger partial charge in [-0.05, 0) is 50.5 Å². The van der Waals surface area contributed by atoms with E-state index >= 15 is 0 Å². The molecule has 0 spiro atoms. The summed E-state index contributed by atoms with van der Waals surface area (Å²) in [5, 5.41) is 2.83. The lowest BCUT2D eigenvalue weighted by atomic mass is 9.97. The summed E-state index contributed by atoms with van der Waals surface area (Å²) in [7, 11) is -3.55. The zero-order chi connectivity index (χ0) is 20.6. The van der Waals surface area contributed by atoms with Crippen LogP contribution in [0.5, 0.6) is 0 Å². The summed E-state index contributed by atoms with van der Waals surface area (Å²) in [5.74, 6) is 0.0444. The van der Waals surface area contributed by atoms with Crippen molar-refractivity contribution in [1.82, 2.24) is 14.3 Å². The first-order valence-electron chi connectivity index (χ1n) is 9.67. The van der Waals surface area contributed by atoms with Crippen molar-refractivity contribution in [2.45, 2.75) is 31.6 Å². The van der Waals surface area contributed by atoms with Crippen LogP contribution >= 0.6 is 0 Å². The Hall–Kier alpha value is -2.71. The second-order valence-electron chi connectivity index (χ2n) is 7.54. The molecule has 0 atom stereocenters. The number of aromatic nitrogens is 2. The molecular weight excluding hydrogens is 388 g/mol. The molecule has 7 nitrogen and oxygen atoms in total. The molecule has 8 heteroatoms. The van der Waals surface area contributed by atoms with Crippen molar-refractivity contribution in [3.63, 3.8) is 0 Å². The van der Waals surface area contributed by atoms with Gasteiger partial charge in [-0.1, -0.05) is 29.8 Å². The number of benzene rings is 2. The van der Waals surface area contributed by atoms with Gasteiger partial charge in [-0.2, -0.15) is 4.31 Å². The third-order valence-electron chi connectivity index (χ3n) is 5.40. The molecule has 2 heterocycles. The van der Waals surface area contributed by atoms with E-state index < -0.39 is 10.0 Å². The highest BCUT2D eigenvalue weighted by Gasteiger charge is 2.33. The van der Waals surface area contributed by atoms with Crippen LogP contribution < -0.4 is 5.32 Å². The van der Waals surface area contributed by atoms with Crippen LogP contribution in [0.3, 0.4) is 0 Å². The number of nitrogens with one attached hydrogen (secondary N) is 2. The number of anilines is 1. The number of nitrogens with zero attached hydrogens (tertiary/aromatic N) is 2. The number of sulfonamides is 1. The van der Waals surface area contributed by atoms with E-state index in [9.17, 15) is 13.2 Å². The maximum Gasteiger partial charge on any atom is 0.243 e. The number of hydrogen-bond acceptors (Lipinski definition) is 4. The molecule has 3 aromatic rings. The summed E-state index contributed by atoms with van der Waals surface area (Å²) in [4.78, 5) is 20.4. The number of aryl methyl sites for hydroxylation is 2. The van der Waals surface area contributed by atoms with Gasteiger partial charge in [-0.3, -0.25) is 10.1 Å². The Morgan fingerprint density at radius 3 is 2.55 bits per heavy atom. The standard InChI is InChI=1S/C21H24N4O3S/c1-14-7-8-19(15(2)13-14)29(27,28)25-11-9-16(10-12-25)20(26)24-21-22-17-5-3-4-6-18(17)23-21/h3-8,13,16H,9-12H2,1-2H3,(H2,22,23,24,26). The van der Waals surface area contributed by atoms with E-state index in [0.717, 1.165) is 22.2 Å². The van der Waals surface area contributed by atoms with Crippen molar-refractivity contribution in [3.8, 4) is 0 Å². The molecule has 4 rings (SSSR count).